The molecule has 4 heteroatoms. The van der Waals surface area contributed by atoms with E-state index in [9.17, 15) is 0 Å². The first-order valence-electron chi connectivity index (χ1n) is 6.14. The van der Waals surface area contributed by atoms with E-state index >= 15 is 0 Å². The van der Waals surface area contributed by atoms with Crippen LogP contribution >= 0.6 is 11.6 Å². The van der Waals surface area contributed by atoms with Crippen LogP contribution in [-0.4, -0.2) is 12.3 Å². The number of oxime groups is 1. The first kappa shape index (κ1) is 14.3. The predicted molar refractivity (Wildman–Crippen MR) is 80.6 cm³/mol. The summed E-state index contributed by atoms with van der Waals surface area (Å²) in [7, 11) is 0. The summed E-state index contributed by atoms with van der Waals surface area (Å²) in [4.78, 5) is 9.77. The number of halogens is 1. The Bertz CT molecular complexity index is 526. The van der Waals surface area contributed by atoms with Crippen molar-refractivity contribution in [3.05, 3.63) is 83.4 Å². The van der Waals surface area contributed by atoms with Crippen molar-refractivity contribution in [3.63, 3.8) is 0 Å². The van der Waals surface area contributed by atoms with Gasteiger partial charge in [0.1, 0.15) is 12.3 Å². The van der Waals surface area contributed by atoms with Gasteiger partial charge in [-0.3, -0.25) is 0 Å². The molecule has 102 valence electrons. The van der Waals surface area contributed by atoms with Gasteiger partial charge < -0.3 is 0 Å². The lowest BCUT2D eigenvalue weighted by atomic mass is 10.0. The average molecular weight is 288 g/mol. The molecule has 2 aromatic rings. The van der Waals surface area contributed by atoms with Crippen LogP contribution in [0.2, 0.25) is 0 Å². The van der Waals surface area contributed by atoms with E-state index in [0.717, 1.165) is 11.1 Å². The highest BCUT2D eigenvalue weighted by Gasteiger charge is 2.07. The first-order chi connectivity index (χ1) is 9.92. The van der Waals surface area contributed by atoms with Crippen molar-refractivity contribution in [2.24, 2.45) is 5.16 Å². The second-order valence-corrected chi connectivity index (χ2v) is 4.14. The van der Waals surface area contributed by atoms with E-state index in [0.29, 0.717) is 5.71 Å². The van der Waals surface area contributed by atoms with E-state index in [1.807, 2.05) is 60.7 Å². The molecule has 0 atom stereocenters. The first-order valence-corrected chi connectivity index (χ1v) is 6.58. The molecule has 2 aromatic carbocycles. The Kier molecular flexibility index (Phi) is 5.83. The molecule has 0 bridgehead atoms. The van der Waals surface area contributed by atoms with Crippen LogP contribution in [0.4, 0.5) is 0 Å². The molecule has 0 amide bonds. The van der Waals surface area contributed by atoms with Crippen molar-refractivity contribution < 1.29 is 9.88 Å². The van der Waals surface area contributed by atoms with Gasteiger partial charge in [-0.2, -0.15) is 4.89 Å². The summed E-state index contributed by atoms with van der Waals surface area (Å²) in [6.07, 6.45) is 1.61. The lowest BCUT2D eigenvalue weighted by molar-refractivity contribution is -0.287. The summed E-state index contributed by atoms with van der Waals surface area (Å²) in [5, 5.41) is 4.05. The number of hydrogen-bond acceptors (Lipinski definition) is 3. The number of benzene rings is 2. The van der Waals surface area contributed by atoms with Gasteiger partial charge in [-0.05, 0) is 11.2 Å². The normalized spacial score (nSPS) is 10.4. The largest absolute Gasteiger partial charge is 0.220 e. The molecule has 0 spiro atoms. The van der Waals surface area contributed by atoms with Crippen LogP contribution < -0.4 is 0 Å². The standard InChI is InChI=1S/C16H14ClNO2/c17-12-7-13-19-20-18-16(14-8-3-1-4-9-14)15-10-5-2-6-11-15/h1-12H,13H2. The minimum atomic E-state index is 0.240. The van der Waals surface area contributed by atoms with Gasteiger partial charge in [0.15, 0.2) is 0 Å². The molecule has 0 radical (unpaired) electrons. The van der Waals surface area contributed by atoms with Crippen molar-refractivity contribution in [1.29, 1.82) is 0 Å². The van der Waals surface area contributed by atoms with Gasteiger partial charge >= 0.3 is 0 Å². The van der Waals surface area contributed by atoms with Crippen LogP contribution in [0.15, 0.2) is 77.4 Å². The fourth-order valence-corrected chi connectivity index (χ4v) is 1.71. The van der Waals surface area contributed by atoms with E-state index in [2.05, 4.69) is 5.16 Å². The van der Waals surface area contributed by atoms with Gasteiger partial charge in [0, 0.05) is 16.7 Å². The van der Waals surface area contributed by atoms with Crippen molar-refractivity contribution in [2.75, 3.05) is 6.61 Å². The maximum atomic E-state index is 5.38. The van der Waals surface area contributed by atoms with Crippen LogP contribution in [0.5, 0.6) is 0 Å². The Morgan fingerprint density at radius 1 is 0.950 bits per heavy atom. The van der Waals surface area contributed by atoms with Gasteiger partial charge in [-0.15, -0.1) is 0 Å². The molecule has 0 saturated carbocycles. The summed E-state index contributed by atoms with van der Waals surface area (Å²) in [6.45, 7) is 0.240. The van der Waals surface area contributed by atoms with E-state index in [1.54, 1.807) is 6.08 Å². The molecule has 20 heavy (non-hydrogen) atoms. The molecular weight excluding hydrogens is 274 g/mol. The minimum Gasteiger partial charge on any atom is -0.220 e. The van der Waals surface area contributed by atoms with Gasteiger partial charge in [0.2, 0.25) is 0 Å². The molecular formula is C16H14ClNO2. The third-order valence-corrected chi connectivity index (χ3v) is 2.71. The van der Waals surface area contributed by atoms with Crippen LogP contribution in [0.3, 0.4) is 0 Å². The molecule has 0 saturated heterocycles. The Balaban J connectivity index is 2.19. The molecule has 0 aliphatic rings. The maximum Gasteiger partial charge on any atom is 0.121 e. The molecule has 0 fully saturated rings. The second-order valence-electron chi connectivity index (χ2n) is 3.89. The SMILES string of the molecule is ClC=CCOON=C(c1ccccc1)c1ccccc1. The third kappa shape index (κ3) is 4.23. The average Bonchev–Trinajstić information content (AvgIpc) is 2.53. The van der Waals surface area contributed by atoms with E-state index in [-0.39, 0.29) is 6.61 Å². The highest BCUT2D eigenvalue weighted by molar-refractivity contribution is 6.25. The Morgan fingerprint density at radius 3 is 2.00 bits per heavy atom. The lowest BCUT2D eigenvalue weighted by Gasteiger charge is -2.06. The van der Waals surface area contributed by atoms with Crippen molar-refractivity contribution in [1.82, 2.24) is 0 Å². The summed E-state index contributed by atoms with van der Waals surface area (Å²) in [5.74, 6) is 0. The van der Waals surface area contributed by atoms with Crippen molar-refractivity contribution in [3.8, 4) is 0 Å². The topological polar surface area (TPSA) is 30.8 Å². The highest BCUT2D eigenvalue weighted by Crippen LogP contribution is 2.11. The van der Waals surface area contributed by atoms with Gasteiger partial charge in [0.05, 0.1) is 0 Å². The van der Waals surface area contributed by atoms with Crippen molar-refractivity contribution in [2.45, 2.75) is 0 Å². The summed E-state index contributed by atoms with van der Waals surface area (Å²) in [6, 6.07) is 19.6. The number of hydrogen-bond donors (Lipinski definition) is 0. The van der Waals surface area contributed by atoms with E-state index in [4.69, 9.17) is 21.5 Å². The van der Waals surface area contributed by atoms with Gasteiger partial charge in [-0.1, -0.05) is 72.3 Å². The van der Waals surface area contributed by atoms with E-state index in [1.165, 1.54) is 5.54 Å². The monoisotopic (exact) mass is 287 g/mol. The van der Waals surface area contributed by atoms with Crippen LogP contribution in [-0.2, 0) is 9.88 Å². The van der Waals surface area contributed by atoms with Gasteiger partial charge in [-0.25, -0.2) is 4.99 Å². The van der Waals surface area contributed by atoms with Crippen molar-refractivity contribution >= 4 is 17.3 Å². The summed E-state index contributed by atoms with van der Waals surface area (Å²) >= 11 is 5.38. The zero-order valence-corrected chi connectivity index (χ0v) is 11.5. The predicted octanol–water partition coefficient (Wildman–Crippen LogP) is 4.14. The minimum absolute atomic E-state index is 0.240. The fraction of sp³-hybridized carbons (Fsp3) is 0.0625. The van der Waals surface area contributed by atoms with E-state index < -0.39 is 0 Å². The zero-order valence-electron chi connectivity index (χ0n) is 10.8. The number of rotatable bonds is 6. The quantitative estimate of drug-likeness (QED) is 0.346. The zero-order chi connectivity index (χ0) is 14.0. The second kappa shape index (κ2) is 8.15. The molecule has 0 aromatic heterocycles. The van der Waals surface area contributed by atoms with Crippen LogP contribution in [0, 0.1) is 0 Å². The fourth-order valence-electron chi connectivity index (χ4n) is 1.63. The lowest BCUT2D eigenvalue weighted by Crippen LogP contribution is -2.04. The smallest absolute Gasteiger partial charge is 0.121 e. The van der Waals surface area contributed by atoms with Crippen LogP contribution in [0.1, 0.15) is 11.1 Å². The van der Waals surface area contributed by atoms with Crippen LogP contribution in [0.25, 0.3) is 0 Å². The molecule has 0 aliphatic heterocycles. The molecule has 0 N–H and O–H groups in total. The number of nitrogens with zero attached hydrogens (tertiary/aromatic N) is 1. The molecule has 0 unspecified atom stereocenters. The molecule has 2 rings (SSSR count). The summed E-state index contributed by atoms with van der Waals surface area (Å²) in [5.41, 5.74) is 3.98. The maximum absolute atomic E-state index is 5.38. The Labute approximate surface area is 123 Å². The molecule has 3 nitrogen and oxygen atoms in total. The highest BCUT2D eigenvalue weighted by atomic mass is 35.5. The molecule has 0 heterocycles. The Hall–Kier alpha value is -2.10. The summed E-state index contributed by atoms with van der Waals surface area (Å²) < 4.78 is 0. The van der Waals surface area contributed by atoms with Gasteiger partial charge in [0.25, 0.3) is 0 Å². The Morgan fingerprint density at radius 2 is 1.50 bits per heavy atom. The third-order valence-electron chi connectivity index (χ3n) is 2.53. The molecule has 0 aliphatic carbocycles.